The molecule has 92 valence electrons. The number of ether oxygens (including phenoxy) is 1. The van der Waals surface area contributed by atoms with Crippen LogP contribution in [0.1, 0.15) is 23.7 Å². The van der Waals surface area contributed by atoms with Gasteiger partial charge in [-0.05, 0) is 25.0 Å². The topological polar surface area (TPSA) is 38.3 Å². The zero-order valence-corrected chi connectivity index (χ0v) is 11.4. The second-order valence-corrected chi connectivity index (χ2v) is 5.63. The van der Waals surface area contributed by atoms with E-state index in [0.29, 0.717) is 13.2 Å². The van der Waals surface area contributed by atoms with Crippen molar-refractivity contribution in [1.82, 2.24) is 0 Å². The van der Waals surface area contributed by atoms with Crippen molar-refractivity contribution in [2.24, 2.45) is 5.92 Å². The number of amides is 1. The van der Waals surface area contributed by atoms with Gasteiger partial charge in [0.25, 0.3) is 0 Å². The summed E-state index contributed by atoms with van der Waals surface area (Å²) in [7, 11) is 0. The molecule has 0 spiro atoms. The Morgan fingerprint density at radius 1 is 1.53 bits per heavy atom. The fourth-order valence-corrected chi connectivity index (χ4v) is 2.33. The number of carbonyl (C=O) groups excluding carboxylic acids is 1. The van der Waals surface area contributed by atoms with Gasteiger partial charge in [-0.3, -0.25) is 4.79 Å². The predicted octanol–water partition coefficient (Wildman–Crippen LogP) is 3.12. The van der Waals surface area contributed by atoms with Crippen molar-refractivity contribution in [1.29, 1.82) is 0 Å². The quantitative estimate of drug-likeness (QED) is 0.871. The van der Waals surface area contributed by atoms with Crippen molar-refractivity contribution in [2.45, 2.75) is 18.2 Å². The number of para-hydroxylation sites is 1. The first-order chi connectivity index (χ1) is 8.18. The van der Waals surface area contributed by atoms with Crippen LogP contribution < -0.4 is 5.32 Å². The van der Waals surface area contributed by atoms with E-state index in [1.807, 2.05) is 31.2 Å². The van der Waals surface area contributed by atoms with E-state index in [4.69, 9.17) is 4.74 Å². The summed E-state index contributed by atoms with van der Waals surface area (Å²) in [6.45, 7) is 3.27. The number of halogens is 1. The number of anilines is 1. The van der Waals surface area contributed by atoms with E-state index >= 15 is 0 Å². The number of rotatable bonds is 3. The molecule has 1 aliphatic rings. The van der Waals surface area contributed by atoms with E-state index in [-0.39, 0.29) is 16.7 Å². The number of benzene rings is 1. The molecule has 1 aromatic carbocycles. The van der Waals surface area contributed by atoms with Crippen LogP contribution in [0.4, 0.5) is 5.69 Å². The highest BCUT2D eigenvalue weighted by Gasteiger charge is 2.24. The minimum absolute atomic E-state index is 0.00584. The van der Waals surface area contributed by atoms with Gasteiger partial charge in [-0.2, -0.15) is 0 Å². The van der Waals surface area contributed by atoms with Crippen molar-refractivity contribution >= 4 is 27.5 Å². The number of hydrogen-bond acceptors (Lipinski definition) is 2. The van der Waals surface area contributed by atoms with Crippen LogP contribution in [0.15, 0.2) is 24.3 Å². The largest absolute Gasteiger partial charge is 0.381 e. The molecule has 2 rings (SSSR count). The van der Waals surface area contributed by atoms with Gasteiger partial charge >= 0.3 is 0 Å². The number of carbonyl (C=O) groups is 1. The average molecular weight is 298 g/mol. The van der Waals surface area contributed by atoms with E-state index < -0.39 is 0 Å². The maximum atomic E-state index is 12.0. The molecular weight excluding hydrogens is 282 g/mol. The Kier molecular flexibility index (Phi) is 4.18. The van der Waals surface area contributed by atoms with Crippen LogP contribution in [0.3, 0.4) is 0 Å². The summed E-state index contributed by atoms with van der Waals surface area (Å²) in [4.78, 5) is 12.2. The van der Waals surface area contributed by atoms with Crippen molar-refractivity contribution < 1.29 is 9.53 Å². The molecule has 3 nitrogen and oxygen atoms in total. The minimum atomic E-state index is -0.00584. The van der Waals surface area contributed by atoms with Gasteiger partial charge < -0.3 is 10.1 Å². The summed E-state index contributed by atoms with van der Waals surface area (Å²) in [5.74, 6) is 0.0526. The molecule has 0 aliphatic carbocycles. The highest BCUT2D eigenvalue weighted by atomic mass is 79.9. The average Bonchev–Trinajstić information content (AvgIpc) is 2.83. The second-order valence-electron chi connectivity index (χ2n) is 4.25. The summed E-state index contributed by atoms with van der Waals surface area (Å²) in [6.07, 6.45) is 0.817. The summed E-state index contributed by atoms with van der Waals surface area (Å²) in [6, 6.07) is 7.85. The molecule has 1 aliphatic heterocycles. The van der Waals surface area contributed by atoms with Gasteiger partial charge in [-0.25, -0.2) is 0 Å². The maximum Gasteiger partial charge on any atom is 0.229 e. The fraction of sp³-hybridized carbons (Fsp3) is 0.462. The summed E-state index contributed by atoms with van der Waals surface area (Å²) in [5, 5.41) is 2.98. The smallest absolute Gasteiger partial charge is 0.229 e. The molecule has 1 N–H and O–H groups in total. The predicted molar refractivity (Wildman–Crippen MR) is 71.3 cm³/mol. The molecule has 4 heteroatoms. The van der Waals surface area contributed by atoms with Crippen molar-refractivity contribution in [2.75, 3.05) is 18.5 Å². The Bertz CT molecular complexity index is 400. The Morgan fingerprint density at radius 3 is 2.94 bits per heavy atom. The van der Waals surface area contributed by atoms with Crippen LogP contribution in [0, 0.1) is 5.92 Å². The first kappa shape index (κ1) is 12.6. The molecule has 1 amide bonds. The van der Waals surface area contributed by atoms with Gasteiger partial charge in [0.1, 0.15) is 0 Å². The lowest BCUT2D eigenvalue weighted by Crippen LogP contribution is -2.23. The molecule has 2 atom stereocenters. The first-order valence-electron chi connectivity index (χ1n) is 5.80. The third kappa shape index (κ3) is 3.07. The fourth-order valence-electron chi connectivity index (χ4n) is 1.93. The van der Waals surface area contributed by atoms with Crippen LogP contribution in [0.2, 0.25) is 0 Å². The zero-order chi connectivity index (χ0) is 12.3. The van der Waals surface area contributed by atoms with Crippen molar-refractivity contribution in [3.8, 4) is 0 Å². The highest BCUT2D eigenvalue weighted by molar-refractivity contribution is 9.09. The van der Waals surface area contributed by atoms with Gasteiger partial charge in [0.2, 0.25) is 5.91 Å². The molecule has 17 heavy (non-hydrogen) atoms. The van der Waals surface area contributed by atoms with Crippen LogP contribution in [0.25, 0.3) is 0 Å². The van der Waals surface area contributed by atoms with E-state index in [2.05, 4.69) is 21.2 Å². The van der Waals surface area contributed by atoms with E-state index in [1.54, 1.807) is 0 Å². The Labute approximate surface area is 110 Å². The highest BCUT2D eigenvalue weighted by Crippen LogP contribution is 2.29. The van der Waals surface area contributed by atoms with Crippen LogP contribution in [-0.4, -0.2) is 19.1 Å². The van der Waals surface area contributed by atoms with Crippen molar-refractivity contribution in [3.63, 3.8) is 0 Å². The van der Waals surface area contributed by atoms with Gasteiger partial charge in [-0.1, -0.05) is 34.1 Å². The van der Waals surface area contributed by atoms with Gasteiger partial charge in [0, 0.05) is 17.1 Å². The Hall–Kier alpha value is -0.870. The lowest BCUT2D eigenvalue weighted by atomic mass is 10.1. The molecule has 0 saturated carbocycles. The summed E-state index contributed by atoms with van der Waals surface area (Å²) in [5.41, 5.74) is 1.98. The lowest BCUT2D eigenvalue weighted by Gasteiger charge is -2.14. The van der Waals surface area contributed by atoms with E-state index in [1.165, 1.54) is 0 Å². The summed E-state index contributed by atoms with van der Waals surface area (Å²) >= 11 is 3.53. The zero-order valence-electron chi connectivity index (χ0n) is 9.78. The lowest BCUT2D eigenvalue weighted by molar-refractivity contribution is -0.119. The molecule has 1 heterocycles. The Morgan fingerprint density at radius 2 is 2.29 bits per heavy atom. The molecule has 0 radical (unpaired) electrons. The normalized spacial score (nSPS) is 21.2. The first-order valence-corrected chi connectivity index (χ1v) is 6.71. The number of hydrogen-bond donors (Lipinski definition) is 1. The standard InChI is InChI=1S/C13H16BrNO2/c1-9(14)11-4-2-3-5-12(11)15-13(16)10-6-7-17-8-10/h2-5,9-10H,6-8H2,1H3,(H,15,16). The summed E-state index contributed by atoms with van der Waals surface area (Å²) < 4.78 is 5.22. The number of alkyl halides is 1. The molecular formula is C13H16BrNO2. The Balaban J connectivity index is 2.09. The SMILES string of the molecule is CC(Br)c1ccccc1NC(=O)C1CCOC1. The molecule has 0 bridgehead atoms. The molecule has 1 aromatic rings. The third-order valence-electron chi connectivity index (χ3n) is 2.95. The molecule has 1 fully saturated rings. The molecule has 1 saturated heterocycles. The van der Waals surface area contributed by atoms with Gasteiger partial charge in [0.15, 0.2) is 0 Å². The third-order valence-corrected chi connectivity index (χ3v) is 3.44. The molecule has 2 unspecified atom stereocenters. The monoisotopic (exact) mass is 297 g/mol. The van der Waals surface area contributed by atoms with Gasteiger partial charge in [-0.15, -0.1) is 0 Å². The minimum Gasteiger partial charge on any atom is -0.381 e. The van der Waals surface area contributed by atoms with Crippen LogP contribution in [-0.2, 0) is 9.53 Å². The maximum absolute atomic E-state index is 12.0. The van der Waals surface area contributed by atoms with Crippen molar-refractivity contribution in [3.05, 3.63) is 29.8 Å². The number of nitrogens with one attached hydrogen (secondary N) is 1. The molecule has 0 aromatic heterocycles. The van der Waals surface area contributed by atoms with E-state index in [9.17, 15) is 4.79 Å². The van der Waals surface area contributed by atoms with Gasteiger partial charge in [0.05, 0.1) is 12.5 Å². The van der Waals surface area contributed by atoms with Crippen LogP contribution >= 0.6 is 15.9 Å². The van der Waals surface area contributed by atoms with E-state index in [0.717, 1.165) is 17.7 Å². The second kappa shape index (κ2) is 5.65. The van der Waals surface area contributed by atoms with Crippen LogP contribution in [0.5, 0.6) is 0 Å².